The Hall–Kier alpha value is -8.93. The Labute approximate surface area is 369 Å². The van der Waals surface area contributed by atoms with Crippen molar-refractivity contribution in [1.29, 1.82) is 15.8 Å². The van der Waals surface area contributed by atoms with E-state index in [9.17, 15) is 15.8 Å². The standard InChI is InChI=1S/C57H30N6S/c58-31-34-22-24-40(51(28-34)62-48-19-9-5-15-39(48)44-30-54-45(29-52(44)62)41-16-7-11-21-53(41)64-54)37-25-23-35(32-59)56(46(37)33-60)63-49-20-10-6-17-43(49)55-50(63)27-26-42-38-14-4-8-18-47(38)61(57(42)55)36-12-2-1-3-13-36/h1-30H. The fourth-order valence-corrected chi connectivity index (χ4v) is 11.4. The van der Waals surface area contributed by atoms with E-state index < -0.39 is 0 Å². The number of hydrogen-bond acceptors (Lipinski definition) is 4. The molecule has 4 heterocycles. The van der Waals surface area contributed by atoms with E-state index in [4.69, 9.17) is 0 Å². The number of nitrogens with zero attached hydrogens (tertiary/aromatic N) is 6. The summed E-state index contributed by atoms with van der Waals surface area (Å²) in [5.74, 6) is 0. The van der Waals surface area contributed by atoms with Crippen molar-refractivity contribution in [1.82, 2.24) is 13.7 Å². The Balaban J connectivity index is 1.14. The summed E-state index contributed by atoms with van der Waals surface area (Å²) in [6, 6.07) is 69.8. The topological polar surface area (TPSA) is 86.2 Å². The Morgan fingerprint density at radius 1 is 0.391 bits per heavy atom. The molecule has 13 aromatic rings. The molecule has 0 fully saturated rings. The number of para-hydroxylation sites is 4. The first-order chi connectivity index (χ1) is 31.6. The summed E-state index contributed by atoms with van der Waals surface area (Å²) in [4.78, 5) is 0. The van der Waals surface area contributed by atoms with Gasteiger partial charge in [0.2, 0.25) is 0 Å². The zero-order chi connectivity index (χ0) is 42.6. The summed E-state index contributed by atoms with van der Waals surface area (Å²) >= 11 is 1.79. The van der Waals surface area contributed by atoms with Crippen molar-refractivity contribution in [3.05, 3.63) is 199 Å². The van der Waals surface area contributed by atoms with E-state index in [0.717, 1.165) is 82.4 Å². The summed E-state index contributed by atoms with van der Waals surface area (Å²) in [5.41, 5.74) is 10.9. The number of aromatic nitrogens is 3. The molecule has 64 heavy (non-hydrogen) atoms. The quantitative estimate of drug-likeness (QED) is 0.177. The molecule has 4 aromatic heterocycles. The first kappa shape index (κ1) is 35.8. The van der Waals surface area contributed by atoms with E-state index in [2.05, 4.69) is 165 Å². The Kier molecular flexibility index (Phi) is 7.57. The molecule has 0 unspecified atom stereocenters. The molecule has 7 heteroatoms. The lowest BCUT2D eigenvalue weighted by Crippen LogP contribution is -2.05. The van der Waals surface area contributed by atoms with Gasteiger partial charge in [-0.05, 0) is 72.8 Å². The third-order valence-electron chi connectivity index (χ3n) is 12.9. The zero-order valence-electron chi connectivity index (χ0n) is 33.9. The summed E-state index contributed by atoms with van der Waals surface area (Å²) in [5, 5.41) is 41.7. The second kappa shape index (κ2) is 13.5. The lowest BCUT2D eigenvalue weighted by Gasteiger charge is -2.19. The van der Waals surface area contributed by atoms with Crippen LogP contribution in [0.15, 0.2) is 182 Å². The van der Waals surface area contributed by atoms with Gasteiger partial charge >= 0.3 is 0 Å². The molecule has 13 rings (SSSR count). The van der Waals surface area contributed by atoms with Crippen LogP contribution in [0.25, 0.3) is 114 Å². The van der Waals surface area contributed by atoms with Gasteiger partial charge in [-0.1, -0.05) is 109 Å². The minimum atomic E-state index is 0.364. The predicted molar refractivity (Wildman–Crippen MR) is 262 cm³/mol. The second-order valence-electron chi connectivity index (χ2n) is 16.2. The Morgan fingerprint density at radius 2 is 1.05 bits per heavy atom. The van der Waals surface area contributed by atoms with Crippen molar-refractivity contribution in [2.75, 3.05) is 0 Å². The van der Waals surface area contributed by atoms with Crippen molar-refractivity contribution in [2.24, 2.45) is 0 Å². The fraction of sp³-hybridized carbons (Fsp3) is 0. The normalized spacial score (nSPS) is 11.7. The van der Waals surface area contributed by atoms with Gasteiger partial charge in [0.05, 0.1) is 67.2 Å². The Bertz CT molecular complexity index is 4290. The summed E-state index contributed by atoms with van der Waals surface area (Å²) in [6.07, 6.45) is 0. The van der Waals surface area contributed by atoms with Crippen LogP contribution in [0.4, 0.5) is 0 Å². The molecule has 0 saturated carbocycles. The maximum Gasteiger partial charge on any atom is 0.102 e. The molecule has 0 aliphatic heterocycles. The number of fused-ring (bicyclic) bond motifs is 13. The molecule has 0 bridgehead atoms. The van der Waals surface area contributed by atoms with E-state index in [1.807, 2.05) is 48.5 Å². The van der Waals surface area contributed by atoms with E-state index in [1.54, 1.807) is 11.3 Å². The molecule has 294 valence electrons. The van der Waals surface area contributed by atoms with E-state index in [-0.39, 0.29) is 0 Å². The average Bonchev–Trinajstić information content (AvgIpc) is 4.09. The number of rotatable bonds is 4. The number of thiophene rings is 1. The highest BCUT2D eigenvalue weighted by atomic mass is 32.1. The van der Waals surface area contributed by atoms with Crippen LogP contribution >= 0.6 is 11.3 Å². The molecule has 0 atom stereocenters. The van der Waals surface area contributed by atoms with Crippen LogP contribution < -0.4 is 0 Å². The van der Waals surface area contributed by atoms with Gasteiger partial charge in [-0.15, -0.1) is 11.3 Å². The molecular formula is C57H30N6S. The highest BCUT2D eigenvalue weighted by Gasteiger charge is 2.26. The summed E-state index contributed by atoms with van der Waals surface area (Å²) < 4.78 is 9.12. The first-order valence-corrected chi connectivity index (χ1v) is 21.8. The third kappa shape index (κ3) is 4.86. The molecule has 0 aliphatic rings. The average molecular weight is 831 g/mol. The second-order valence-corrected chi connectivity index (χ2v) is 17.2. The van der Waals surface area contributed by atoms with Crippen molar-refractivity contribution in [3.8, 4) is 46.4 Å². The van der Waals surface area contributed by atoms with Crippen molar-refractivity contribution in [3.63, 3.8) is 0 Å². The molecule has 9 aromatic carbocycles. The third-order valence-corrected chi connectivity index (χ3v) is 14.1. The lowest BCUT2D eigenvalue weighted by molar-refractivity contribution is 1.15. The highest BCUT2D eigenvalue weighted by Crippen LogP contribution is 2.46. The lowest BCUT2D eigenvalue weighted by atomic mass is 9.93. The molecule has 0 N–H and O–H groups in total. The molecule has 0 saturated heterocycles. The summed E-state index contributed by atoms with van der Waals surface area (Å²) in [6.45, 7) is 0. The first-order valence-electron chi connectivity index (χ1n) is 21.0. The van der Waals surface area contributed by atoms with Crippen molar-refractivity contribution >= 4 is 96.9 Å². The fourth-order valence-electron chi connectivity index (χ4n) is 10.3. The van der Waals surface area contributed by atoms with Crippen LogP contribution in [0.1, 0.15) is 16.7 Å². The van der Waals surface area contributed by atoms with Crippen LogP contribution in [-0.4, -0.2) is 13.7 Å². The largest absolute Gasteiger partial charge is 0.309 e. The molecule has 0 radical (unpaired) electrons. The van der Waals surface area contributed by atoms with E-state index in [1.165, 1.54) is 20.2 Å². The van der Waals surface area contributed by atoms with Crippen molar-refractivity contribution < 1.29 is 0 Å². The smallest absolute Gasteiger partial charge is 0.102 e. The Morgan fingerprint density at radius 3 is 1.80 bits per heavy atom. The number of benzene rings is 9. The van der Waals surface area contributed by atoms with Crippen LogP contribution in [0.3, 0.4) is 0 Å². The van der Waals surface area contributed by atoms with E-state index >= 15 is 0 Å². The van der Waals surface area contributed by atoms with Gasteiger partial charge in [0.15, 0.2) is 0 Å². The highest BCUT2D eigenvalue weighted by molar-refractivity contribution is 7.25. The van der Waals surface area contributed by atoms with Crippen molar-refractivity contribution in [2.45, 2.75) is 0 Å². The van der Waals surface area contributed by atoms with Gasteiger partial charge in [-0.3, -0.25) is 0 Å². The van der Waals surface area contributed by atoms with Gasteiger partial charge in [0, 0.05) is 69.3 Å². The minimum Gasteiger partial charge on any atom is -0.309 e. The minimum absolute atomic E-state index is 0.364. The molecule has 0 spiro atoms. The molecule has 6 nitrogen and oxygen atoms in total. The summed E-state index contributed by atoms with van der Waals surface area (Å²) in [7, 11) is 0. The molecule has 0 aliphatic carbocycles. The van der Waals surface area contributed by atoms with Gasteiger partial charge < -0.3 is 13.7 Å². The number of hydrogen-bond donors (Lipinski definition) is 0. The van der Waals surface area contributed by atoms with Gasteiger partial charge in [0.25, 0.3) is 0 Å². The predicted octanol–water partition coefficient (Wildman–Crippen LogP) is 14.6. The van der Waals surface area contributed by atoms with Crippen LogP contribution in [-0.2, 0) is 0 Å². The number of nitriles is 3. The zero-order valence-corrected chi connectivity index (χ0v) is 34.7. The van der Waals surface area contributed by atoms with Crippen LogP contribution in [0.5, 0.6) is 0 Å². The SMILES string of the molecule is N#Cc1ccc(-c2ccc(C#N)c(-n3c4ccccc4c4c3ccc3c5ccccc5n(-c5ccccc5)c34)c2C#N)c(-n2c3ccccc3c3cc4sc5ccccc5c4cc32)c1. The van der Waals surface area contributed by atoms with Crippen LogP contribution in [0, 0.1) is 34.0 Å². The van der Waals surface area contributed by atoms with Crippen LogP contribution in [0.2, 0.25) is 0 Å². The molecule has 0 amide bonds. The van der Waals surface area contributed by atoms with E-state index in [0.29, 0.717) is 27.9 Å². The van der Waals surface area contributed by atoms with Gasteiger partial charge in [-0.25, -0.2) is 0 Å². The maximum atomic E-state index is 11.5. The molecular weight excluding hydrogens is 801 g/mol. The van der Waals surface area contributed by atoms with Gasteiger partial charge in [-0.2, -0.15) is 15.8 Å². The monoisotopic (exact) mass is 830 g/mol. The van der Waals surface area contributed by atoms with Gasteiger partial charge in [0.1, 0.15) is 12.1 Å². The maximum absolute atomic E-state index is 11.5.